The molecule has 0 fully saturated rings. The summed E-state index contributed by atoms with van der Waals surface area (Å²) in [5.74, 6) is 1.80. The zero-order valence-corrected chi connectivity index (χ0v) is 26.8. The molecule has 6 nitrogen and oxygen atoms in total. The molecule has 0 aliphatic heterocycles. The molecule has 9 rings (SSSR count). The van der Waals surface area contributed by atoms with E-state index >= 15 is 0 Å². The summed E-state index contributed by atoms with van der Waals surface area (Å²) in [6.45, 7) is 0. The lowest BCUT2D eigenvalue weighted by Crippen LogP contribution is -2.00. The van der Waals surface area contributed by atoms with Crippen LogP contribution in [0.2, 0.25) is 0 Å². The van der Waals surface area contributed by atoms with Crippen molar-refractivity contribution in [2.75, 3.05) is 0 Å². The number of aromatic nitrogens is 6. The van der Waals surface area contributed by atoms with E-state index in [1.165, 1.54) is 0 Å². The molecular weight excluding hydrogens is 613 g/mol. The number of hydrogen-bond acceptors (Lipinski definition) is 6. The summed E-state index contributed by atoms with van der Waals surface area (Å²) >= 11 is 0. The maximum absolute atomic E-state index is 5.09. The molecule has 50 heavy (non-hydrogen) atoms. The van der Waals surface area contributed by atoms with E-state index in [1.54, 1.807) is 12.4 Å². The molecule has 6 heteroatoms. The first-order chi connectivity index (χ1) is 24.8. The van der Waals surface area contributed by atoms with Crippen LogP contribution in [0.5, 0.6) is 0 Å². The molecule has 0 saturated heterocycles. The molecule has 0 unspecified atom stereocenters. The third-order valence-electron chi connectivity index (χ3n) is 8.83. The monoisotopic (exact) mass is 640 g/mol. The quantitative estimate of drug-likeness (QED) is 0.168. The van der Waals surface area contributed by atoms with Crippen molar-refractivity contribution in [2.45, 2.75) is 0 Å². The summed E-state index contributed by atoms with van der Waals surface area (Å²) in [6, 6.07) is 51.8. The Hall–Kier alpha value is -6.92. The average molecular weight is 641 g/mol. The summed E-state index contributed by atoms with van der Waals surface area (Å²) in [7, 11) is 0. The van der Waals surface area contributed by atoms with E-state index in [2.05, 4.69) is 83.8 Å². The summed E-state index contributed by atoms with van der Waals surface area (Å²) in [6.07, 6.45) is 5.28. The third kappa shape index (κ3) is 5.55. The van der Waals surface area contributed by atoms with Crippen LogP contribution in [0.25, 0.3) is 89.5 Å². The van der Waals surface area contributed by atoms with Gasteiger partial charge in [-0.15, -0.1) is 0 Å². The van der Waals surface area contributed by atoms with Crippen LogP contribution in [-0.4, -0.2) is 29.9 Å². The van der Waals surface area contributed by atoms with Crippen molar-refractivity contribution in [3.63, 3.8) is 0 Å². The van der Waals surface area contributed by atoms with Crippen molar-refractivity contribution in [1.82, 2.24) is 29.9 Å². The van der Waals surface area contributed by atoms with E-state index in [0.717, 1.165) is 72.0 Å². The van der Waals surface area contributed by atoms with Crippen LogP contribution in [0.3, 0.4) is 0 Å². The lowest BCUT2D eigenvalue weighted by Gasteiger charge is -2.14. The van der Waals surface area contributed by atoms with Gasteiger partial charge in [0.1, 0.15) is 0 Å². The Kier molecular flexibility index (Phi) is 7.37. The van der Waals surface area contributed by atoms with Crippen molar-refractivity contribution >= 4 is 21.9 Å². The number of benzene rings is 6. The van der Waals surface area contributed by atoms with E-state index in [0.29, 0.717) is 17.5 Å². The van der Waals surface area contributed by atoms with Gasteiger partial charge < -0.3 is 0 Å². The van der Waals surface area contributed by atoms with E-state index in [9.17, 15) is 0 Å². The Morgan fingerprint density at radius 1 is 0.300 bits per heavy atom. The van der Waals surface area contributed by atoms with Crippen molar-refractivity contribution in [2.24, 2.45) is 0 Å². The Bertz CT molecular complexity index is 2580. The molecule has 3 aromatic heterocycles. The zero-order chi connectivity index (χ0) is 33.3. The smallest absolute Gasteiger partial charge is 0.164 e. The normalized spacial score (nSPS) is 11.2. The molecule has 0 spiro atoms. The fraction of sp³-hybridized carbons (Fsp3) is 0. The second-order valence-corrected chi connectivity index (χ2v) is 12.0. The average Bonchev–Trinajstić information content (AvgIpc) is 3.21. The van der Waals surface area contributed by atoms with Gasteiger partial charge in [0.15, 0.2) is 17.5 Å². The van der Waals surface area contributed by atoms with Crippen molar-refractivity contribution < 1.29 is 0 Å². The molecule has 9 aromatic rings. The standard InChI is InChI=1S/C44H28N6/c1-4-12-29(13-5-1)32-18-10-19-33(24-32)34-25-35(38-28-39-41(47-23-22-45-39)37-20-11-21-46-40(37)38)27-36(26-34)44-49-42(30-14-6-2-7-15-30)48-43(50-44)31-16-8-3-9-17-31/h1-28H. The van der Waals surface area contributed by atoms with E-state index < -0.39 is 0 Å². The predicted molar refractivity (Wildman–Crippen MR) is 201 cm³/mol. The van der Waals surface area contributed by atoms with Crippen molar-refractivity contribution in [3.05, 3.63) is 170 Å². The van der Waals surface area contributed by atoms with Crippen molar-refractivity contribution in [1.29, 1.82) is 0 Å². The number of pyridine rings is 1. The molecular formula is C44H28N6. The topological polar surface area (TPSA) is 77.3 Å². The lowest BCUT2D eigenvalue weighted by molar-refractivity contribution is 1.07. The van der Waals surface area contributed by atoms with Gasteiger partial charge in [0.2, 0.25) is 0 Å². The van der Waals surface area contributed by atoms with Gasteiger partial charge in [-0.1, -0.05) is 109 Å². The van der Waals surface area contributed by atoms with Gasteiger partial charge in [0, 0.05) is 46.2 Å². The molecule has 6 aromatic carbocycles. The van der Waals surface area contributed by atoms with Crippen LogP contribution >= 0.6 is 0 Å². The molecule has 0 bridgehead atoms. The first kappa shape index (κ1) is 29.2. The molecule has 0 N–H and O–H groups in total. The highest BCUT2D eigenvalue weighted by molar-refractivity contribution is 6.09. The van der Waals surface area contributed by atoms with Crippen LogP contribution in [-0.2, 0) is 0 Å². The first-order valence-corrected chi connectivity index (χ1v) is 16.4. The van der Waals surface area contributed by atoms with E-state index in [-0.39, 0.29) is 0 Å². The van der Waals surface area contributed by atoms with E-state index in [4.69, 9.17) is 24.9 Å². The van der Waals surface area contributed by atoms with Gasteiger partial charge >= 0.3 is 0 Å². The predicted octanol–water partition coefficient (Wildman–Crippen LogP) is 10.4. The maximum atomic E-state index is 5.09. The number of nitrogens with zero attached hydrogens (tertiary/aromatic N) is 6. The summed E-state index contributed by atoms with van der Waals surface area (Å²) < 4.78 is 0. The Balaban J connectivity index is 1.31. The Labute approximate surface area is 288 Å². The van der Waals surface area contributed by atoms with Gasteiger partial charge in [-0.25, -0.2) is 15.0 Å². The van der Waals surface area contributed by atoms with Crippen LogP contribution < -0.4 is 0 Å². The van der Waals surface area contributed by atoms with E-state index in [1.807, 2.05) is 79.0 Å². The van der Waals surface area contributed by atoms with Gasteiger partial charge in [0.25, 0.3) is 0 Å². The summed E-state index contributed by atoms with van der Waals surface area (Å²) in [5.41, 5.74) is 11.5. The lowest BCUT2D eigenvalue weighted by atomic mass is 9.92. The Morgan fingerprint density at radius 2 is 0.800 bits per heavy atom. The largest absolute Gasteiger partial charge is 0.256 e. The molecule has 0 aliphatic carbocycles. The van der Waals surface area contributed by atoms with Gasteiger partial charge in [-0.2, -0.15) is 0 Å². The van der Waals surface area contributed by atoms with Crippen LogP contribution in [0.15, 0.2) is 170 Å². The maximum Gasteiger partial charge on any atom is 0.164 e. The fourth-order valence-electron chi connectivity index (χ4n) is 6.42. The SMILES string of the molecule is c1ccc(-c2cccc(-c3cc(-c4nc(-c5ccccc5)nc(-c5ccccc5)n4)cc(-c4cc5nccnc5c5cccnc45)c3)c2)cc1. The minimum Gasteiger partial charge on any atom is -0.256 e. The summed E-state index contributed by atoms with van der Waals surface area (Å²) in [4.78, 5) is 29.3. The summed E-state index contributed by atoms with van der Waals surface area (Å²) in [5, 5.41) is 0.948. The molecule has 3 heterocycles. The van der Waals surface area contributed by atoms with Crippen LogP contribution in [0.1, 0.15) is 0 Å². The number of hydrogen-bond donors (Lipinski definition) is 0. The minimum absolute atomic E-state index is 0.581. The zero-order valence-electron chi connectivity index (χ0n) is 26.8. The highest BCUT2D eigenvalue weighted by Gasteiger charge is 2.17. The third-order valence-corrected chi connectivity index (χ3v) is 8.83. The van der Waals surface area contributed by atoms with Gasteiger partial charge in [0.05, 0.1) is 16.6 Å². The second-order valence-electron chi connectivity index (χ2n) is 12.0. The highest BCUT2D eigenvalue weighted by Crippen LogP contribution is 2.38. The highest BCUT2D eigenvalue weighted by atomic mass is 15.0. The Morgan fingerprint density at radius 3 is 1.48 bits per heavy atom. The molecule has 0 saturated carbocycles. The minimum atomic E-state index is 0.581. The first-order valence-electron chi connectivity index (χ1n) is 16.4. The molecule has 0 atom stereocenters. The number of rotatable bonds is 6. The van der Waals surface area contributed by atoms with Crippen LogP contribution in [0, 0.1) is 0 Å². The molecule has 0 amide bonds. The fourth-order valence-corrected chi connectivity index (χ4v) is 6.42. The molecule has 234 valence electrons. The second kappa shape index (κ2) is 12.6. The molecule has 0 aliphatic rings. The van der Waals surface area contributed by atoms with Gasteiger partial charge in [-0.05, 0) is 70.3 Å². The molecule has 0 radical (unpaired) electrons. The van der Waals surface area contributed by atoms with Crippen LogP contribution in [0.4, 0.5) is 0 Å². The van der Waals surface area contributed by atoms with Crippen molar-refractivity contribution in [3.8, 4) is 67.5 Å². The number of fused-ring (bicyclic) bond motifs is 3. The van der Waals surface area contributed by atoms with Gasteiger partial charge in [-0.3, -0.25) is 15.0 Å².